The van der Waals surface area contributed by atoms with Crippen molar-refractivity contribution in [3.63, 3.8) is 0 Å². The Hall–Kier alpha value is -2.73. The molecule has 0 bridgehead atoms. The van der Waals surface area contributed by atoms with Gasteiger partial charge in [0.05, 0.1) is 24.3 Å². The summed E-state index contributed by atoms with van der Waals surface area (Å²) in [6.07, 6.45) is 2.77. The molecule has 0 fully saturated rings. The van der Waals surface area contributed by atoms with Crippen LogP contribution in [0.4, 0.5) is 5.69 Å². The number of methoxy groups -OCH3 is 1. The van der Waals surface area contributed by atoms with Crippen molar-refractivity contribution in [1.29, 1.82) is 0 Å². The number of aliphatic imine (C=N–C) groups is 1. The van der Waals surface area contributed by atoms with Gasteiger partial charge in [-0.3, -0.25) is 4.79 Å². The number of nitrogens with zero attached hydrogens (tertiary/aromatic N) is 1. The highest BCUT2D eigenvalue weighted by molar-refractivity contribution is 8.18. The summed E-state index contributed by atoms with van der Waals surface area (Å²) in [5.74, 6) is 1.40. The summed E-state index contributed by atoms with van der Waals surface area (Å²) in [5.41, 5.74) is 2.94. The molecule has 1 amide bonds. The minimum atomic E-state index is -0.237. The van der Waals surface area contributed by atoms with Crippen LogP contribution in [0.5, 0.6) is 11.5 Å². The van der Waals surface area contributed by atoms with E-state index in [1.165, 1.54) is 17.3 Å². The predicted molar refractivity (Wildman–Crippen MR) is 100 cm³/mol. The maximum absolute atomic E-state index is 12.2. The summed E-state index contributed by atoms with van der Waals surface area (Å²) < 4.78 is 10.8. The van der Waals surface area contributed by atoms with Crippen molar-refractivity contribution >= 4 is 34.6 Å². The first-order valence-corrected chi connectivity index (χ1v) is 8.73. The van der Waals surface area contributed by atoms with E-state index < -0.39 is 0 Å². The summed E-state index contributed by atoms with van der Waals surface area (Å²) in [4.78, 5) is 16.9. The van der Waals surface area contributed by atoms with E-state index >= 15 is 0 Å². The normalized spacial score (nSPS) is 17.2. The van der Waals surface area contributed by atoms with E-state index in [9.17, 15) is 4.79 Å². The maximum atomic E-state index is 12.2. The SMILES string of the molecule is COc1ccccc1NC1=NC(=O)C(=Cc2ccc3c(c2)CCO3)S1. The van der Waals surface area contributed by atoms with Crippen LogP contribution in [-0.2, 0) is 11.2 Å². The van der Waals surface area contributed by atoms with Crippen LogP contribution in [0.3, 0.4) is 0 Å². The zero-order valence-corrected chi connectivity index (χ0v) is 14.4. The van der Waals surface area contributed by atoms with Crippen molar-refractivity contribution in [2.75, 3.05) is 19.0 Å². The lowest BCUT2D eigenvalue weighted by Gasteiger charge is -2.09. The van der Waals surface area contributed by atoms with Gasteiger partial charge < -0.3 is 14.8 Å². The van der Waals surface area contributed by atoms with Gasteiger partial charge in [-0.25, -0.2) is 0 Å². The fourth-order valence-electron chi connectivity index (χ4n) is 2.77. The first-order valence-electron chi connectivity index (χ1n) is 7.91. The van der Waals surface area contributed by atoms with Crippen LogP contribution in [0.2, 0.25) is 0 Å². The molecule has 2 aromatic carbocycles. The van der Waals surface area contributed by atoms with Gasteiger partial charge >= 0.3 is 0 Å². The van der Waals surface area contributed by atoms with Crippen molar-refractivity contribution in [2.24, 2.45) is 4.99 Å². The molecule has 4 rings (SSSR count). The van der Waals surface area contributed by atoms with Gasteiger partial charge in [0, 0.05) is 6.42 Å². The lowest BCUT2D eigenvalue weighted by molar-refractivity contribution is -0.113. The number of amidine groups is 1. The molecule has 5 nitrogen and oxygen atoms in total. The average molecular weight is 352 g/mol. The second-order valence-electron chi connectivity index (χ2n) is 5.62. The fraction of sp³-hybridized carbons (Fsp3) is 0.158. The second-order valence-corrected chi connectivity index (χ2v) is 6.65. The van der Waals surface area contributed by atoms with Crippen molar-refractivity contribution in [2.45, 2.75) is 6.42 Å². The number of para-hydroxylation sites is 2. The zero-order valence-electron chi connectivity index (χ0n) is 13.6. The number of rotatable bonds is 3. The lowest BCUT2D eigenvalue weighted by Crippen LogP contribution is -2.06. The molecule has 2 heterocycles. The molecule has 126 valence electrons. The Morgan fingerprint density at radius 3 is 3.04 bits per heavy atom. The Morgan fingerprint density at radius 2 is 2.16 bits per heavy atom. The quantitative estimate of drug-likeness (QED) is 0.853. The molecule has 0 aliphatic carbocycles. The van der Waals surface area contributed by atoms with Gasteiger partial charge in [-0.15, -0.1) is 0 Å². The second kappa shape index (κ2) is 6.64. The number of carbonyl (C=O) groups is 1. The minimum Gasteiger partial charge on any atom is -0.495 e. The monoisotopic (exact) mass is 352 g/mol. The van der Waals surface area contributed by atoms with Gasteiger partial charge in [0.2, 0.25) is 0 Å². The summed E-state index contributed by atoms with van der Waals surface area (Å²) in [6.45, 7) is 0.721. The average Bonchev–Trinajstić information content (AvgIpc) is 3.22. The number of hydrogen-bond donors (Lipinski definition) is 1. The molecule has 0 unspecified atom stereocenters. The van der Waals surface area contributed by atoms with E-state index in [2.05, 4.69) is 16.4 Å². The van der Waals surface area contributed by atoms with Gasteiger partial charge in [0.15, 0.2) is 5.17 Å². The van der Waals surface area contributed by atoms with E-state index in [0.717, 1.165) is 30.0 Å². The third kappa shape index (κ3) is 3.25. The van der Waals surface area contributed by atoms with Gasteiger partial charge in [-0.1, -0.05) is 18.2 Å². The molecule has 2 aliphatic heterocycles. The molecule has 0 radical (unpaired) electrons. The Balaban J connectivity index is 1.52. The molecule has 2 aromatic rings. The van der Waals surface area contributed by atoms with Crippen molar-refractivity contribution in [3.8, 4) is 11.5 Å². The van der Waals surface area contributed by atoms with Crippen LogP contribution in [0.15, 0.2) is 52.4 Å². The zero-order chi connectivity index (χ0) is 17.2. The van der Waals surface area contributed by atoms with E-state index in [4.69, 9.17) is 9.47 Å². The van der Waals surface area contributed by atoms with Crippen molar-refractivity contribution in [3.05, 3.63) is 58.5 Å². The molecule has 25 heavy (non-hydrogen) atoms. The van der Waals surface area contributed by atoms with Gasteiger partial charge in [0.25, 0.3) is 5.91 Å². The van der Waals surface area contributed by atoms with Gasteiger partial charge in [0.1, 0.15) is 11.5 Å². The van der Waals surface area contributed by atoms with E-state index in [-0.39, 0.29) is 5.91 Å². The van der Waals surface area contributed by atoms with Crippen LogP contribution in [0, 0.1) is 0 Å². The highest BCUT2D eigenvalue weighted by Crippen LogP contribution is 2.33. The molecular formula is C19H16N2O3S. The molecule has 0 spiro atoms. The standard InChI is InChI=1S/C19H16N2O3S/c1-23-16-5-3-2-4-14(16)20-19-21-18(22)17(25-19)11-12-6-7-15-13(10-12)8-9-24-15/h2-7,10-11H,8-9H2,1H3,(H,20,21,22). The summed E-state index contributed by atoms with van der Waals surface area (Å²) in [7, 11) is 1.61. The largest absolute Gasteiger partial charge is 0.495 e. The van der Waals surface area contributed by atoms with Gasteiger partial charge in [-0.05, 0) is 53.2 Å². The highest BCUT2D eigenvalue weighted by Gasteiger charge is 2.23. The Kier molecular flexibility index (Phi) is 4.19. The van der Waals surface area contributed by atoms with E-state index in [1.54, 1.807) is 7.11 Å². The smallest absolute Gasteiger partial charge is 0.286 e. The minimum absolute atomic E-state index is 0.237. The topological polar surface area (TPSA) is 59.9 Å². The predicted octanol–water partition coefficient (Wildman–Crippen LogP) is 3.71. The number of ether oxygens (including phenoxy) is 2. The third-order valence-electron chi connectivity index (χ3n) is 3.98. The molecule has 1 N–H and O–H groups in total. The molecule has 2 aliphatic rings. The third-order valence-corrected chi connectivity index (χ3v) is 4.88. The molecule has 0 aromatic heterocycles. The Morgan fingerprint density at radius 1 is 1.28 bits per heavy atom. The molecular weight excluding hydrogens is 336 g/mol. The first-order chi connectivity index (χ1) is 12.2. The van der Waals surface area contributed by atoms with E-state index in [0.29, 0.717) is 15.8 Å². The van der Waals surface area contributed by atoms with Crippen molar-refractivity contribution < 1.29 is 14.3 Å². The number of hydrogen-bond acceptors (Lipinski definition) is 5. The number of anilines is 1. The summed E-state index contributed by atoms with van der Waals surface area (Å²) >= 11 is 1.32. The Bertz CT molecular complexity index is 905. The number of thioether (sulfide) groups is 1. The number of benzene rings is 2. The molecule has 0 saturated carbocycles. The molecule has 0 atom stereocenters. The number of amides is 1. The summed E-state index contributed by atoms with van der Waals surface area (Å²) in [6, 6.07) is 13.5. The van der Waals surface area contributed by atoms with Crippen LogP contribution >= 0.6 is 11.8 Å². The van der Waals surface area contributed by atoms with Crippen LogP contribution in [-0.4, -0.2) is 24.8 Å². The molecule has 6 heteroatoms. The number of carbonyl (C=O) groups excluding carboxylic acids is 1. The van der Waals surface area contributed by atoms with E-state index in [1.807, 2.05) is 42.5 Å². The fourth-order valence-corrected chi connectivity index (χ4v) is 3.60. The highest BCUT2D eigenvalue weighted by atomic mass is 32.2. The molecule has 0 saturated heterocycles. The van der Waals surface area contributed by atoms with Crippen LogP contribution in [0.1, 0.15) is 11.1 Å². The van der Waals surface area contributed by atoms with Crippen LogP contribution in [0.25, 0.3) is 6.08 Å². The number of fused-ring (bicyclic) bond motifs is 1. The maximum Gasteiger partial charge on any atom is 0.286 e. The van der Waals surface area contributed by atoms with Crippen LogP contribution < -0.4 is 14.8 Å². The number of nitrogens with one attached hydrogen (secondary N) is 1. The van der Waals surface area contributed by atoms with Crippen molar-refractivity contribution in [1.82, 2.24) is 0 Å². The first kappa shape index (κ1) is 15.8. The summed E-state index contributed by atoms with van der Waals surface area (Å²) in [5, 5.41) is 3.70. The van der Waals surface area contributed by atoms with Gasteiger partial charge in [-0.2, -0.15) is 4.99 Å². The Labute approximate surface area is 149 Å². The lowest BCUT2D eigenvalue weighted by atomic mass is 10.1.